The lowest BCUT2D eigenvalue weighted by Gasteiger charge is -2.24. The molecule has 1 aliphatic carbocycles. The van der Waals surface area contributed by atoms with Crippen molar-refractivity contribution in [2.45, 2.75) is 39.2 Å². The zero-order valence-corrected chi connectivity index (χ0v) is 12.2. The molecule has 0 aromatic carbocycles. The summed E-state index contributed by atoms with van der Waals surface area (Å²) in [7, 11) is 6.24. The minimum Gasteiger partial charge on any atom is -0.359 e. The van der Waals surface area contributed by atoms with Crippen LogP contribution in [0.2, 0.25) is 0 Å². The van der Waals surface area contributed by atoms with E-state index < -0.39 is 0 Å². The van der Waals surface area contributed by atoms with Gasteiger partial charge in [-0.1, -0.05) is 12.8 Å². The van der Waals surface area contributed by atoms with Crippen LogP contribution in [0.5, 0.6) is 0 Å². The summed E-state index contributed by atoms with van der Waals surface area (Å²) in [6.07, 6.45) is 5.60. The molecule has 4 heteroatoms. The second-order valence-electron chi connectivity index (χ2n) is 5.57. The zero-order valence-electron chi connectivity index (χ0n) is 12.2. The molecule has 1 saturated carbocycles. The van der Waals surface area contributed by atoms with Crippen molar-refractivity contribution < 1.29 is 0 Å². The fourth-order valence-electron chi connectivity index (χ4n) is 3.22. The third-order valence-corrected chi connectivity index (χ3v) is 4.04. The van der Waals surface area contributed by atoms with Crippen molar-refractivity contribution in [3.8, 4) is 0 Å². The summed E-state index contributed by atoms with van der Waals surface area (Å²) in [6, 6.07) is 0. The van der Waals surface area contributed by atoms with E-state index in [9.17, 15) is 0 Å². The predicted molar refractivity (Wildman–Crippen MR) is 75.9 cm³/mol. The van der Waals surface area contributed by atoms with E-state index in [1.165, 1.54) is 37.1 Å². The maximum Gasteiger partial charge on any atom is 0.131 e. The molecule has 2 rings (SSSR count). The average molecular weight is 250 g/mol. The number of rotatable bonds is 5. The molecule has 1 aliphatic rings. The van der Waals surface area contributed by atoms with Crippen molar-refractivity contribution in [3.05, 3.63) is 11.3 Å². The van der Waals surface area contributed by atoms with Gasteiger partial charge in [0.15, 0.2) is 0 Å². The van der Waals surface area contributed by atoms with Gasteiger partial charge >= 0.3 is 0 Å². The molecule has 1 aromatic heterocycles. The van der Waals surface area contributed by atoms with Gasteiger partial charge in [0.05, 0.1) is 5.69 Å². The van der Waals surface area contributed by atoms with E-state index in [1.807, 2.05) is 18.8 Å². The normalized spacial score (nSPS) is 16.4. The number of aryl methyl sites for hydroxylation is 2. The standard InChI is InChI=1S/C14H26N4/c1-11-13(9-15-2)14(18(4)16-11)17(3)10-12-7-5-6-8-12/h12,15H,5-10H2,1-4H3. The van der Waals surface area contributed by atoms with Crippen LogP contribution in [0, 0.1) is 12.8 Å². The third-order valence-electron chi connectivity index (χ3n) is 4.04. The van der Waals surface area contributed by atoms with E-state index in [4.69, 9.17) is 0 Å². The summed E-state index contributed by atoms with van der Waals surface area (Å²) in [5, 5.41) is 7.81. The molecule has 1 fully saturated rings. The van der Waals surface area contributed by atoms with Gasteiger partial charge in [0.1, 0.15) is 5.82 Å². The smallest absolute Gasteiger partial charge is 0.131 e. The lowest BCUT2D eigenvalue weighted by atomic mass is 10.1. The van der Waals surface area contributed by atoms with E-state index in [0.717, 1.165) is 24.7 Å². The van der Waals surface area contributed by atoms with Gasteiger partial charge in [-0.25, -0.2) is 0 Å². The Hall–Kier alpha value is -1.03. The minimum absolute atomic E-state index is 0.868. The van der Waals surface area contributed by atoms with Crippen molar-refractivity contribution in [2.24, 2.45) is 13.0 Å². The number of anilines is 1. The summed E-state index contributed by atoms with van der Waals surface area (Å²) in [4.78, 5) is 2.39. The summed E-state index contributed by atoms with van der Waals surface area (Å²) in [5.74, 6) is 2.14. The monoisotopic (exact) mass is 250 g/mol. The number of nitrogens with one attached hydrogen (secondary N) is 1. The van der Waals surface area contributed by atoms with Gasteiger partial charge in [-0.15, -0.1) is 0 Å². The topological polar surface area (TPSA) is 33.1 Å². The van der Waals surface area contributed by atoms with Crippen LogP contribution in [0.15, 0.2) is 0 Å². The van der Waals surface area contributed by atoms with Crippen LogP contribution in [0.1, 0.15) is 36.9 Å². The summed E-state index contributed by atoms with van der Waals surface area (Å²) in [5.41, 5.74) is 2.47. The molecule has 0 bridgehead atoms. The Labute approximate surface area is 110 Å². The molecule has 0 unspecified atom stereocenters. The number of hydrogen-bond donors (Lipinski definition) is 1. The molecule has 0 aliphatic heterocycles. The molecule has 102 valence electrons. The van der Waals surface area contributed by atoms with E-state index in [1.54, 1.807) is 0 Å². The lowest BCUT2D eigenvalue weighted by molar-refractivity contribution is 0.538. The molecule has 1 heterocycles. The van der Waals surface area contributed by atoms with Crippen LogP contribution in [0.4, 0.5) is 5.82 Å². The van der Waals surface area contributed by atoms with Crippen molar-refractivity contribution in [2.75, 3.05) is 25.5 Å². The second kappa shape index (κ2) is 5.74. The molecule has 0 radical (unpaired) electrons. The number of aromatic nitrogens is 2. The first-order valence-corrected chi connectivity index (χ1v) is 7.01. The van der Waals surface area contributed by atoms with Crippen molar-refractivity contribution in [1.29, 1.82) is 0 Å². The minimum atomic E-state index is 0.868. The highest BCUT2D eigenvalue weighted by Gasteiger charge is 2.21. The molecule has 0 saturated heterocycles. The molecule has 0 atom stereocenters. The average Bonchev–Trinajstić information content (AvgIpc) is 2.89. The third kappa shape index (κ3) is 2.69. The Bertz CT molecular complexity index is 391. The van der Waals surface area contributed by atoms with Gasteiger partial charge in [0, 0.05) is 32.7 Å². The van der Waals surface area contributed by atoms with Gasteiger partial charge < -0.3 is 10.2 Å². The van der Waals surface area contributed by atoms with Crippen LogP contribution < -0.4 is 10.2 Å². The summed E-state index contributed by atoms with van der Waals surface area (Å²) in [6.45, 7) is 4.15. The fourth-order valence-corrected chi connectivity index (χ4v) is 3.22. The molecule has 1 aromatic rings. The van der Waals surface area contributed by atoms with Gasteiger partial charge in [0.25, 0.3) is 0 Å². The largest absolute Gasteiger partial charge is 0.359 e. The Morgan fingerprint density at radius 1 is 1.39 bits per heavy atom. The Morgan fingerprint density at radius 3 is 2.67 bits per heavy atom. The fraction of sp³-hybridized carbons (Fsp3) is 0.786. The van der Waals surface area contributed by atoms with Crippen LogP contribution >= 0.6 is 0 Å². The Balaban J connectivity index is 2.14. The van der Waals surface area contributed by atoms with Crippen molar-refractivity contribution in [3.63, 3.8) is 0 Å². The molecule has 1 N–H and O–H groups in total. The molecule has 0 amide bonds. The van der Waals surface area contributed by atoms with Gasteiger partial charge in [0.2, 0.25) is 0 Å². The van der Waals surface area contributed by atoms with Gasteiger partial charge in [-0.3, -0.25) is 4.68 Å². The van der Waals surface area contributed by atoms with Crippen LogP contribution in [0.3, 0.4) is 0 Å². The first-order chi connectivity index (χ1) is 8.63. The molecular formula is C14H26N4. The second-order valence-corrected chi connectivity index (χ2v) is 5.57. The molecule has 4 nitrogen and oxygen atoms in total. The highest BCUT2D eigenvalue weighted by molar-refractivity contribution is 5.49. The van der Waals surface area contributed by atoms with Crippen LogP contribution in [0.25, 0.3) is 0 Å². The quantitative estimate of drug-likeness (QED) is 0.868. The van der Waals surface area contributed by atoms with E-state index in [2.05, 4.69) is 29.3 Å². The Morgan fingerprint density at radius 2 is 2.06 bits per heavy atom. The van der Waals surface area contributed by atoms with Crippen LogP contribution in [-0.4, -0.2) is 30.4 Å². The predicted octanol–water partition coefficient (Wildman–Crippen LogP) is 2.07. The van der Waals surface area contributed by atoms with E-state index in [0.29, 0.717) is 0 Å². The Kier molecular flexibility index (Phi) is 4.27. The highest BCUT2D eigenvalue weighted by Crippen LogP contribution is 2.28. The first-order valence-electron chi connectivity index (χ1n) is 7.01. The summed E-state index contributed by atoms with van der Waals surface area (Å²) < 4.78 is 2.02. The van der Waals surface area contributed by atoms with Gasteiger partial charge in [-0.05, 0) is 32.7 Å². The van der Waals surface area contributed by atoms with E-state index >= 15 is 0 Å². The maximum atomic E-state index is 4.56. The lowest BCUT2D eigenvalue weighted by Crippen LogP contribution is -2.27. The van der Waals surface area contributed by atoms with Crippen LogP contribution in [-0.2, 0) is 13.6 Å². The highest BCUT2D eigenvalue weighted by atomic mass is 15.4. The van der Waals surface area contributed by atoms with Gasteiger partial charge in [-0.2, -0.15) is 5.10 Å². The number of hydrogen-bond acceptors (Lipinski definition) is 3. The van der Waals surface area contributed by atoms with E-state index in [-0.39, 0.29) is 0 Å². The molecular weight excluding hydrogens is 224 g/mol. The van der Waals surface area contributed by atoms with Crippen molar-refractivity contribution in [1.82, 2.24) is 15.1 Å². The molecule has 18 heavy (non-hydrogen) atoms. The maximum absolute atomic E-state index is 4.56. The van der Waals surface area contributed by atoms with Crippen molar-refractivity contribution >= 4 is 5.82 Å². The SMILES string of the molecule is CNCc1c(C)nn(C)c1N(C)CC1CCCC1. The molecule has 0 spiro atoms. The number of nitrogens with zero attached hydrogens (tertiary/aromatic N) is 3. The zero-order chi connectivity index (χ0) is 13.1. The summed E-state index contributed by atoms with van der Waals surface area (Å²) >= 11 is 0. The first kappa shape index (κ1) is 13.4.